The maximum Gasteiger partial charge on any atom is 0.232 e. The average Bonchev–Trinajstić information content (AvgIpc) is 2.38. The number of hydrogen-bond donors (Lipinski definition) is 1. The zero-order valence-electron chi connectivity index (χ0n) is 10.3. The van der Waals surface area contributed by atoms with Gasteiger partial charge in [0, 0.05) is 18.0 Å². The predicted octanol–water partition coefficient (Wildman–Crippen LogP) is 2.14. The Balaban J connectivity index is 2.46. The first-order valence-corrected chi connectivity index (χ1v) is 6.80. The molecular formula is C13H19NO2S. The summed E-state index contributed by atoms with van der Waals surface area (Å²) < 4.78 is 0. The van der Waals surface area contributed by atoms with E-state index in [-0.39, 0.29) is 12.5 Å². The molecule has 0 unspecified atom stereocenters. The Bertz CT molecular complexity index is 347. The van der Waals surface area contributed by atoms with Crippen LogP contribution in [0, 0.1) is 0 Å². The molecule has 1 aromatic rings. The van der Waals surface area contributed by atoms with Gasteiger partial charge in [-0.05, 0) is 31.5 Å². The molecule has 1 amide bonds. The lowest BCUT2D eigenvalue weighted by molar-refractivity contribution is -0.127. The standard InChI is InChI=1S/C13H19NO2S/c1-3-14(4-2)13(16)10-17-12-7-5-11(9-15)6-8-12/h5-8,15H,3-4,9-10H2,1-2H3. The van der Waals surface area contributed by atoms with Crippen LogP contribution in [0.3, 0.4) is 0 Å². The summed E-state index contributed by atoms with van der Waals surface area (Å²) in [5.74, 6) is 0.645. The van der Waals surface area contributed by atoms with Gasteiger partial charge in [0.05, 0.1) is 12.4 Å². The van der Waals surface area contributed by atoms with Crippen LogP contribution < -0.4 is 0 Å². The average molecular weight is 253 g/mol. The van der Waals surface area contributed by atoms with E-state index in [2.05, 4.69) is 0 Å². The van der Waals surface area contributed by atoms with Gasteiger partial charge in [0.1, 0.15) is 0 Å². The Morgan fingerprint density at radius 1 is 1.24 bits per heavy atom. The Kier molecular flexibility index (Phi) is 6.08. The van der Waals surface area contributed by atoms with E-state index >= 15 is 0 Å². The molecule has 0 aliphatic carbocycles. The molecule has 1 rings (SSSR count). The minimum atomic E-state index is 0.0589. The second-order valence-corrected chi connectivity index (χ2v) is 4.71. The number of thioether (sulfide) groups is 1. The molecule has 0 radical (unpaired) electrons. The number of aliphatic hydroxyl groups excluding tert-OH is 1. The summed E-state index contributed by atoms with van der Waals surface area (Å²) in [6, 6.07) is 7.63. The van der Waals surface area contributed by atoms with Crippen LogP contribution >= 0.6 is 11.8 Å². The lowest BCUT2D eigenvalue weighted by Gasteiger charge is -2.18. The minimum absolute atomic E-state index is 0.0589. The van der Waals surface area contributed by atoms with Crippen LogP contribution in [0.1, 0.15) is 19.4 Å². The lowest BCUT2D eigenvalue weighted by atomic mass is 10.2. The molecular weight excluding hydrogens is 234 g/mol. The van der Waals surface area contributed by atoms with Gasteiger partial charge < -0.3 is 10.0 Å². The van der Waals surface area contributed by atoms with Crippen molar-refractivity contribution >= 4 is 17.7 Å². The maximum absolute atomic E-state index is 11.8. The highest BCUT2D eigenvalue weighted by atomic mass is 32.2. The monoisotopic (exact) mass is 253 g/mol. The molecule has 17 heavy (non-hydrogen) atoms. The van der Waals surface area contributed by atoms with Gasteiger partial charge >= 0.3 is 0 Å². The molecule has 0 saturated carbocycles. The van der Waals surface area contributed by atoms with Crippen molar-refractivity contribution in [3.63, 3.8) is 0 Å². The second kappa shape index (κ2) is 7.35. The molecule has 0 saturated heterocycles. The van der Waals surface area contributed by atoms with Gasteiger partial charge in [0.15, 0.2) is 0 Å². The van der Waals surface area contributed by atoms with Crippen molar-refractivity contribution in [1.29, 1.82) is 0 Å². The number of amides is 1. The molecule has 4 heteroatoms. The van der Waals surface area contributed by atoms with Gasteiger partial charge in [-0.3, -0.25) is 4.79 Å². The van der Waals surface area contributed by atoms with Gasteiger partial charge in [-0.25, -0.2) is 0 Å². The summed E-state index contributed by atoms with van der Waals surface area (Å²) in [7, 11) is 0. The molecule has 0 spiro atoms. The van der Waals surface area contributed by atoms with Crippen LogP contribution in [0.5, 0.6) is 0 Å². The molecule has 1 N–H and O–H groups in total. The van der Waals surface area contributed by atoms with Gasteiger partial charge in [-0.2, -0.15) is 0 Å². The fraction of sp³-hybridized carbons (Fsp3) is 0.462. The van der Waals surface area contributed by atoms with Crippen LogP contribution in [0.4, 0.5) is 0 Å². The number of aliphatic hydroxyl groups is 1. The van der Waals surface area contributed by atoms with Gasteiger partial charge in [0.2, 0.25) is 5.91 Å². The first-order valence-electron chi connectivity index (χ1n) is 5.81. The molecule has 0 heterocycles. The van der Waals surface area contributed by atoms with Crippen molar-refractivity contribution < 1.29 is 9.90 Å². The molecule has 0 aromatic heterocycles. The Hall–Kier alpha value is -1.00. The smallest absolute Gasteiger partial charge is 0.232 e. The van der Waals surface area contributed by atoms with E-state index in [0.717, 1.165) is 23.5 Å². The zero-order valence-corrected chi connectivity index (χ0v) is 11.2. The second-order valence-electron chi connectivity index (χ2n) is 3.66. The predicted molar refractivity (Wildman–Crippen MR) is 71.0 cm³/mol. The third-order valence-electron chi connectivity index (χ3n) is 2.58. The molecule has 0 fully saturated rings. The first-order chi connectivity index (χ1) is 8.21. The third-order valence-corrected chi connectivity index (χ3v) is 3.58. The van der Waals surface area contributed by atoms with E-state index in [9.17, 15) is 4.79 Å². The summed E-state index contributed by atoms with van der Waals surface area (Å²) in [6.45, 7) is 5.56. The number of rotatable bonds is 6. The molecule has 1 aromatic carbocycles. The number of nitrogens with zero attached hydrogens (tertiary/aromatic N) is 1. The Labute approximate surface area is 107 Å². The molecule has 3 nitrogen and oxygen atoms in total. The summed E-state index contributed by atoms with van der Waals surface area (Å²) >= 11 is 1.53. The molecule has 94 valence electrons. The van der Waals surface area contributed by atoms with Crippen molar-refractivity contribution in [3.8, 4) is 0 Å². The molecule has 0 aliphatic rings. The topological polar surface area (TPSA) is 40.5 Å². The van der Waals surface area contributed by atoms with Crippen LogP contribution in [0.25, 0.3) is 0 Å². The number of carbonyl (C=O) groups is 1. The van der Waals surface area contributed by atoms with Gasteiger partial charge in [-0.15, -0.1) is 11.8 Å². The van der Waals surface area contributed by atoms with E-state index in [1.54, 1.807) is 0 Å². The Morgan fingerprint density at radius 2 is 1.82 bits per heavy atom. The van der Waals surface area contributed by atoms with Crippen molar-refractivity contribution in [2.75, 3.05) is 18.8 Å². The third kappa shape index (κ3) is 4.40. The van der Waals surface area contributed by atoms with Crippen molar-refractivity contribution in [1.82, 2.24) is 4.90 Å². The largest absolute Gasteiger partial charge is 0.392 e. The molecule has 0 aliphatic heterocycles. The highest BCUT2D eigenvalue weighted by molar-refractivity contribution is 8.00. The quantitative estimate of drug-likeness (QED) is 0.790. The first kappa shape index (κ1) is 14.1. The summed E-state index contributed by atoms with van der Waals surface area (Å²) in [6.07, 6.45) is 0. The van der Waals surface area contributed by atoms with Gasteiger partial charge in [-0.1, -0.05) is 12.1 Å². The van der Waals surface area contributed by atoms with Gasteiger partial charge in [0.25, 0.3) is 0 Å². The van der Waals surface area contributed by atoms with Crippen LogP contribution in [-0.2, 0) is 11.4 Å². The minimum Gasteiger partial charge on any atom is -0.392 e. The molecule has 0 bridgehead atoms. The number of carbonyl (C=O) groups excluding carboxylic acids is 1. The normalized spacial score (nSPS) is 10.3. The number of benzene rings is 1. The van der Waals surface area contributed by atoms with Crippen molar-refractivity contribution in [2.24, 2.45) is 0 Å². The summed E-state index contributed by atoms with van der Waals surface area (Å²) in [4.78, 5) is 14.7. The highest BCUT2D eigenvalue weighted by Crippen LogP contribution is 2.18. The SMILES string of the molecule is CCN(CC)C(=O)CSc1ccc(CO)cc1. The van der Waals surface area contributed by atoms with E-state index in [1.807, 2.05) is 43.0 Å². The summed E-state index contributed by atoms with van der Waals surface area (Å²) in [5, 5.41) is 8.92. The van der Waals surface area contributed by atoms with E-state index < -0.39 is 0 Å². The maximum atomic E-state index is 11.8. The van der Waals surface area contributed by atoms with Crippen LogP contribution in [0.2, 0.25) is 0 Å². The van der Waals surface area contributed by atoms with E-state index in [0.29, 0.717) is 5.75 Å². The van der Waals surface area contributed by atoms with E-state index in [1.165, 1.54) is 11.8 Å². The fourth-order valence-electron chi connectivity index (χ4n) is 1.50. The fourth-order valence-corrected chi connectivity index (χ4v) is 2.31. The van der Waals surface area contributed by atoms with Crippen LogP contribution in [-0.4, -0.2) is 34.8 Å². The Morgan fingerprint density at radius 3 is 2.29 bits per heavy atom. The number of hydrogen-bond acceptors (Lipinski definition) is 3. The van der Waals surface area contributed by atoms with Crippen LogP contribution in [0.15, 0.2) is 29.2 Å². The molecule has 0 atom stereocenters. The highest BCUT2D eigenvalue weighted by Gasteiger charge is 2.09. The lowest BCUT2D eigenvalue weighted by Crippen LogP contribution is -2.31. The van der Waals surface area contributed by atoms with E-state index in [4.69, 9.17) is 5.11 Å². The van der Waals surface area contributed by atoms with Crippen molar-refractivity contribution in [3.05, 3.63) is 29.8 Å². The van der Waals surface area contributed by atoms with Crippen molar-refractivity contribution in [2.45, 2.75) is 25.3 Å². The zero-order chi connectivity index (χ0) is 12.7. The summed E-state index contributed by atoms with van der Waals surface area (Å²) in [5.41, 5.74) is 0.893.